The third kappa shape index (κ3) is 2.71. The summed E-state index contributed by atoms with van der Waals surface area (Å²) in [6.45, 7) is 1.78. The molecule has 0 spiro atoms. The summed E-state index contributed by atoms with van der Waals surface area (Å²) >= 11 is 0. The fourth-order valence-electron chi connectivity index (χ4n) is 1.87. The van der Waals surface area contributed by atoms with Crippen LogP contribution in [0.5, 0.6) is 5.75 Å². The molecule has 1 amide bonds. The van der Waals surface area contributed by atoms with Crippen molar-refractivity contribution in [2.45, 2.75) is 6.92 Å². The van der Waals surface area contributed by atoms with Crippen LogP contribution in [-0.2, 0) is 0 Å². The van der Waals surface area contributed by atoms with Crippen LogP contribution in [0.2, 0.25) is 0 Å². The molecule has 0 aliphatic rings. The Morgan fingerprint density at radius 3 is 2.75 bits per heavy atom. The fraction of sp³-hybridized carbons (Fsp3) is 0.133. The normalized spacial score (nSPS) is 10.2. The molecule has 0 saturated heterocycles. The highest BCUT2D eigenvalue weighted by molar-refractivity contribution is 6.10. The second-order valence-electron chi connectivity index (χ2n) is 4.34. The minimum atomic E-state index is -0.436. The Hall–Kier alpha value is -2.56. The van der Waals surface area contributed by atoms with Crippen molar-refractivity contribution in [2.24, 2.45) is 0 Å². The molecule has 3 N–H and O–H groups in total. The lowest BCUT2D eigenvalue weighted by Gasteiger charge is -2.13. The molecule has 104 valence electrons. The maximum absolute atomic E-state index is 13.2. The number of hydrogen-bond acceptors (Lipinski definition) is 3. The molecule has 0 aliphatic heterocycles. The van der Waals surface area contributed by atoms with Crippen LogP contribution in [0.1, 0.15) is 15.9 Å². The van der Waals surface area contributed by atoms with Crippen molar-refractivity contribution in [1.82, 2.24) is 0 Å². The summed E-state index contributed by atoms with van der Waals surface area (Å²) in [7, 11) is 1.46. The quantitative estimate of drug-likeness (QED) is 0.846. The monoisotopic (exact) mass is 274 g/mol. The van der Waals surface area contributed by atoms with Gasteiger partial charge in [0.05, 0.1) is 7.11 Å². The number of carbonyl (C=O) groups is 1. The number of anilines is 2. The first-order valence-corrected chi connectivity index (χ1v) is 6.03. The molecule has 0 aliphatic carbocycles. The molecule has 0 radical (unpaired) electrons. The zero-order valence-electron chi connectivity index (χ0n) is 11.2. The zero-order chi connectivity index (χ0) is 14.7. The van der Waals surface area contributed by atoms with Gasteiger partial charge in [-0.1, -0.05) is 12.1 Å². The molecule has 0 bridgehead atoms. The van der Waals surface area contributed by atoms with E-state index in [4.69, 9.17) is 10.5 Å². The molecule has 0 atom stereocenters. The summed E-state index contributed by atoms with van der Waals surface area (Å²) in [6.07, 6.45) is 0. The number of methoxy groups -OCH3 is 1. The van der Waals surface area contributed by atoms with E-state index in [9.17, 15) is 9.18 Å². The first kappa shape index (κ1) is 13.9. The molecular weight excluding hydrogens is 259 g/mol. The Labute approximate surface area is 116 Å². The van der Waals surface area contributed by atoms with Gasteiger partial charge < -0.3 is 15.8 Å². The van der Waals surface area contributed by atoms with Crippen molar-refractivity contribution in [3.8, 4) is 5.75 Å². The van der Waals surface area contributed by atoms with Crippen LogP contribution < -0.4 is 15.8 Å². The topological polar surface area (TPSA) is 64.3 Å². The molecule has 4 nitrogen and oxygen atoms in total. The molecule has 0 saturated carbocycles. The highest BCUT2D eigenvalue weighted by atomic mass is 19.1. The van der Waals surface area contributed by atoms with Crippen molar-refractivity contribution in [2.75, 3.05) is 18.2 Å². The molecule has 2 aromatic carbocycles. The van der Waals surface area contributed by atoms with Crippen molar-refractivity contribution in [3.63, 3.8) is 0 Å². The fourth-order valence-corrected chi connectivity index (χ4v) is 1.87. The second kappa shape index (κ2) is 5.61. The van der Waals surface area contributed by atoms with E-state index >= 15 is 0 Å². The van der Waals surface area contributed by atoms with E-state index in [1.165, 1.54) is 19.2 Å². The van der Waals surface area contributed by atoms with Crippen LogP contribution >= 0.6 is 0 Å². The second-order valence-corrected chi connectivity index (χ2v) is 4.34. The van der Waals surface area contributed by atoms with Gasteiger partial charge in [0.1, 0.15) is 17.1 Å². The average molecular weight is 274 g/mol. The molecule has 5 heteroatoms. The van der Waals surface area contributed by atoms with E-state index in [1.807, 2.05) is 0 Å². The number of carbonyl (C=O) groups excluding carboxylic acids is 1. The third-order valence-electron chi connectivity index (χ3n) is 2.95. The molecule has 2 rings (SSSR count). The van der Waals surface area contributed by atoms with E-state index in [0.29, 0.717) is 17.1 Å². The van der Waals surface area contributed by atoms with Crippen LogP contribution in [0.15, 0.2) is 36.4 Å². The Kier molecular flexibility index (Phi) is 3.89. The predicted octanol–water partition coefficient (Wildman–Crippen LogP) is 2.98. The van der Waals surface area contributed by atoms with Gasteiger partial charge in [0, 0.05) is 11.4 Å². The number of nitrogens with two attached hydrogens (primary N) is 1. The number of benzene rings is 2. The van der Waals surface area contributed by atoms with Gasteiger partial charge in [-0.2, -0.15) is 0 Å². The van der Waals surface area contributed by atoms with Crippen LogP contribution in [0.4, 0.5) is 15.8 Å². The van der Waals surface area contributed by atoms with E-state index < -0.39 is 11.7 Å². The Balaban J connectivity index is 2.36. The Morgan fingerprint density at radius 2 is 2.05 bits per heavy atom. The van der Waals surface area contributed by atoms with Gasteiger partial charge in [-0.25, -0.2) is 4.39 Å². The number of ether oxygens (including phenoxy) is 1. The van der Waals surface area contributed by atoms with E-state index in [0.717, 1.165) is 5.56 Å². The predicted molar refractivity (Wildman–Crippen MR) is 76.5 cm³/mol. The van der Waals surface area contributed by atoms with Crippen molar-refractivity contribution in [1.29, 1.82) is 0 Å². The first-order chi connectivity index (χ1) is 9.52. The molecule has 0 heterocycles. The number of halogens is 1. The lowest BCUT2D eigenvalue weighted by molar-refractivity contribution is 0.102. The largest absolute Gasteiger partial charge is 0.496 e. The van der Waals surface area contributed by atoms with Crippen molar-refractivity contribution >= 4 is 17.3 Å². The summed E-state index contributed by atoms with van der Waals surface area (Å²) in [5.41, 5.74) is 7.50. The molecule has 0 unspecified atom stereocenters. The summed E-state index contributed by atoms with van der Waals surface area (Å²) in [5, 5.41) is 2.64. The Morgan fingerprint density at radius 1 is 1.30 bits per heavy atom. The van der Waals surface area contributed by atoms with Gasteiger partial charge in [0.15, 0.2) is 0 Å². The number of amides is 1. The minimum absolute atomic E-state index is 0.235. The highest BCUT2D eigenvalue weighted by Crippen LogP contribution is 2.26. The number of nitrogen functional groups attached to an aromatic ring is 1. The maximum atomic E-state index is 13.2. The smallest absolute Gasteiger partial charge is 0.261 e. The molecular formula is C15H15FN2O2. The lowest BCUT2D eigenvalue weighted by Crippen LogP contribution is -2.16. The van der Waals surface area contributed by atoms with Crippen LogP contribution in [0, 0.1) is 12.7 Å². The van der Waals surface area contributed by atoms with Crippen LogP contribution in [0.3, 0.4) is 0 Å². The van der Waals surface area contributed by atoms with E-state index in [-0.39, 0.29) is 5.56 Å². The summed E-state index contributed by atoms with van der Waals surface area (Å²) in [5.74, 6) is -0.482. The standard InChI is InChI=1S/C15H15FN2O2/c1-9-6-7-10(16)8-12(9)18-15(19)14-11(17)4-3-5-13(14)20-2/h3-8H,17H2,1-2H3,(H,18,19). The van der Waals surface area contributed by atoms with Gasteiger partial charge in [-0.15, -0.1) is 0 Å². The van der Waals surface area contributed by atoms with Gasteiger partial charge in [-0.3, -0.25) is 4.79 Å². The van der Waals surface area contributed by atoms with Gasteiger partial charge in [-0.05, 0) is 36.8 Å². The number of aryl methyl sites for hydroxylation is 1. The van der Waals surface area contributed by atoms with Crippen LogP contribution in [-0.4, -0.2) is 13.0 Å². The Bertz CT molecular complexity index is 656. The number of hydrogen-bond donors (Lipinski definition) is 2. The maximum Gasteiger partial charge on any atom is 0.261 e. The highest BCUT2D eigenvalue weighted by Gasteiger charge is 2.16. The molecule has 0 aromatic heterocycles. The molecule has 2 aromatic rings. The van der Waals surface area contributed by atoms with Crippen molar-refractivity contribution < 1.29 is 13.9 Å². The van der Waals surface area contributed by atoms with Gasteiger partial charge in [0.2, 0.25) is 0 Å². The van der Waals surface area contributed by atoms with E-state index in [1.54, 1.807) is 31.2 Å². The SMILES string of the molecule is COc1cccc(N)c1C(=O)Nc1cc(F)ccc1C. The molecule has 0 fully saturated rings. The lowest BCUT2D eigenvalue weighted by atomic mass is 10.1. The van der Waals surface area contributed by atoms with Crippen LogP contribution in [0.25, 0.3) is 0 Å². The number of rotatable bonds is 3. The van der Waals surface area contributed by atoms with Gasteiger partial charge >= 0.3 is 0 Å². The summed E-state index contributed by atoms with van der Waals surface area (Å²) < 4.78 is 18.3. The third-order valence-corrected chi connectivity index (χ3v) is 2.95. The average Bonchev–Trinajstić information content (AvgIpc) is 2.42. The first-order valence-electron chi connectivity index (χ1n) is 6.03. The zero-order valence-corrected chi connectivity index (χ0v) is 11.2. The molecule has 20 heavy (non-hydrogen) atoms. The van der Waals surface area contributed by atoms with E-state index in [2.05, 4.69) is 5.32 Å². The number of nitrogens with one attached hydrogen (secondary N) is 1. The summed E-state index contributed by atoms with van der Waals surface area (Å²) in [4.78, 5) is 12.3. The van der Waals surface area contributed by atoms with Gasteiger partial charge in [0.25, 0.3) is 5.91 Å². The van der Waals surface area contributed by atoms with Crippen molar-refractivity contribution in [3.05, 3.63) is 53.3 Å². The minimum Gasteiger partial charge on any atom is -0.496 e. The summed E-state index contributed by atoms with van der Waals surface area (Å²) in [6, 6.07) is 9.13.